The van der Waals surface area contributed by atoms with Gasteiger partial charge >= 0.3 is 24.1 Å². The highest BCUT2D eigenvalue weighted by molar-refractivity contribution is 5.90. The fourth-order valence-electron chi connectivity index (χ4n) is 5.76. The van der Waals surface area contributed by atoms with E-state index in [4.69, 9.17) is 23.7 Å². The summed E-state index contributed by atoms with van der Waals surface area (Å²) < 4.78 is 28.0. The van der Waals surface area contributed by atoms with E-state index >= 15 is 0 Å². The minimum Gasteiger partial charge on any atom is -0.508 e. The number of anilines is 2. The number of carbonyl (C=O) groups excluding carboxylic acids is 4. The van der Waals surface area contributed by atoms with E-state index in [1.807, 2.05) is 36.4 Å². The zero-order chi connectivity index (χ0) is 41.8. The van der Waals surface area contributed by atoms with Crippen LogP contribution in [0.1, 0.15) is 36.5 Å². The molecule has 0 saturated carbocycles. The molecule has 18 nitrogen and oxygen atoms in total. The predicted molar refractivity (Wildman–Crippen MR) is 222 cm³/mol. The molecule has 0 heterocycles. The van der Waals surface area contributed by atoms with Gasteiger partial charge in [0.1, 0.15) is 17.6 Å². The van der Waals surface area contributed by atoms with Crippen LogP contribution in [0.3, 0.4) is 0 Å². The minimum atomic E-state index is -0.403. The lowest BCUT2D eigenvalue weighted by molar-refractivity contribution is 0.0511. The summed E-state index contributed by atoms with van der Waals surface area (Å²) in [6, 6.07) is 20.6. The van der Waals surface area contributed by atoms with Gasteiger partial charge in [-0.3, -0.25) is 0 Å². The van der Waals surface area contributed by atoms with Gasteiger partial charge in [0.2, 0.25) is 0 Å². The number of fused-ring (bicyclic) bond motifs is 1. The number of phenolic OH excluding ortho intramolecular Hbond substituents is 1. The quantitative estimate of drug-likeness (QED) is 0.0505. The van der Waals surface area contributed by atoms with Crippen LogP contribution in [0, 0.1) is 0 Å². The third kappa shape index (κ3) is 19.9. The maximum Gasteiger partial charge on any atom is 0.319 e. The van der Waals surface area contributed by atoms with E-state index in [0.717, 1.165) is 12.8 Å². The van der Waals surface area contributed by atoms with Crippen molar-refractivity contribution in [3.05, 3.63) is 83.9 Å². The van der Waals surface area contributed by atoms with E-state index in [0.29, 0.717) is 122 Å². The van der Waals surface area contributed by atoms with Crippen molar-refractivity contribution in [1.82, 2.24) is 31.9 Å². The maximum absolute atomic E-state index is 12.3. The maximum atomic E-state index is 12.3. The lowest BCUT2D eigenvalue weighted by Gasteiger charge is -2.16. The Hall–Kier alpha value is -5.82. The smallest absolute Gasteiger partial charge is 0.319 e. The second-order valence-corrected chi connectivity index (χ2v) is 13.2. The number of hydrogen-bond donors (Lipinski definition) is 9. The van der Waals surface area contributed by atoms with Crippen molar-refractivity contribution in [2.75, 3.05) is 103 Å². The summed E-state index contributed by atoms with van der Waals surface area (Å²) in [7, 11) is 0. The van der Waals surface area contributed by atoms with Gasteiger partial charge in [-0.25, -0.2) is 19.2 Å². The standard InChI is InChI=1S/C41H58N8O10/c50-34-10-5-8-32(29-34)48-40(53)46-19-23-57-27-25-55-21-17-44-38(51)42-15-3-4-16-43-39(52)45-18-22-56-26-28-58-24-20-47-41(54)49-33-9-6-11-35(30-33)59-37-14-13-31-7-1-2-12-36(31)37/h1-2,5-12,29-30,37,50H,3-4,13-28H2,(H2,42,44,51)(H2,43,45,52)(H2,46,48,53)(H2,47,49,54)/t37-/m1/s1. The first-order valence-corrected chi connectivity index (χ1v) is 19.9. The molecule has 59 heavy (non-hydrogen) atoms. The first-order valence-electron chi connectivity index (χ1n) is 19.9. The van der Waals surface area contributed by atoms with E-state index in [1.165, 1.54) is 23.3 Å². The molecule has 1 atom stereocenters. The Kier molecular flexibility index (Phi) is 21.6. The van der Waals surface area contributed by atoms with Crippen molar-refractivity contribution in [3.63, 3.8) is 0 Å². The number of urea groups is 4. The predicted octanol–water partition coefficient (Wildman–Crippen LogP) is 3.85. The fraction of sp³-hybridized carbons (Fsp3) is 0.463. The molecule has 0 aliphatic heterocycles. The summed E-state index contributed by atoms with van der Waals surface area (Å²) in [6.45, 7) is 4.90. The Morgan fingerprint density at radius 3 is 1.54 bits per heavy atom. The average Bonchev–Trinajstić information content (AvgIpc) is 3.63. The van der Waals surface area contributed by atoms with Gasteiger partial charge in [0, 0.05) is 62.8 Å². The molecule has 1 aliphatic rings. The number of phenols is 1. The van der Waals surface area contributed by atoms with Crippen LogP contribution in [0.2, 0.25) is 0 Å². The fourth-order valence-corrected chi connectivity index (χ4v) is 5.76. The average molecular weight is 823 g/mol. The molecule has 0 aromatic heterocycles. The zero-order valence-corrected chi connectivity index (χ0v) is 33.4. The van der Waals surface area contributed by atoms with Crippen LogP contribution in [0.4, 0.5) is 30.6 Å². The molecule has 3 aromatic carbocycles. The molecule has 0 spiro atoms. The Balaban J connectivity index is 0.846. The second-order valence-electron chi connectivity index (χ2n) is 13.2. The summed E-state index contributed by atoms with van der Waals surface area (Å²) >= 11 is 0. The number of aryl methyl sites for hydroxylation is 1. The van der Waals surface area contributed by atoms with Gasteiger partial charge in [-0.2, -0.15) is 0 Å². The van der Waals surface area contributed by atoms with Gasteiger partial charge in [0.05, 0.1) is 52.9 Å². The highest BCUT2D eigenvalue weighted by Crippen LogP contribution is 2.35. The Morgan fingerprint density at radius 2 is 1.00 bits per heavy atom. The van der Waals surface area contributed by atoms with Crippen LogP contribution < -0.4 is 47.3 Å². The Labute approximate surface area is 344 Å². The number of amides is 8. The van der Waals surface area contributed by atoms with E-state index in [9.17, 15) is 24.3 Å². The molecule has 4 rings (SSSR count). The van der Waals surface area contributed by atoms with Gasteiger partial charge in [0.15, 0.2) is 0 Å². The van der Waals surface area contributed by atoms with Crippen molar-refractivity contribution in [2.45, 2.75) is 31.8 Å². The SMILES string of the molecule is O=C(NCCCCNC(=O)NCCOCCOCCNC(=O)Nc1cccc(O[C@@H]2CCc3ccccc32)c1)NCCOCCOCCNC(=O)Nc1cccc(O)c1. The number of hydrogen-bond acceptors (Lipinski definition) is 10. The van der Waals surface area contributed by atoms with Crippen LogP contribution in [0.5, 0.6) is 11.5 Å². The molecule has 3 aromatic rings. The van der Waals surface area contributed by atoms with Crippen molar-refractivity contribution in [1.29, 1.82) is 0 Å². The van der Waals surface area contributed by atoms with Gasteiger partial charge in [-0.15, -0.1) is 0 Å². The first kappa shape index (κ1) is 45.9. The van der Waals surface area contributed by atoms with E-state index in [1.54, 1.807) is 12.1 Å². The zero-order valence-electron chi connectivity index (χ0n) is 33.4. The summed E-state index contributed by atoms with van der Waals surface area (Å²) in [5.41, 5.74) is 3.66. The topological polar surface area (TPSA) is 231 Å². The number of ether oxygens (including phenoxy) is 5. The third-order valence-electron chi connectivity index (χ3n) is 8.60. The molecule has 1 aliphatic carbocycles. The van der Waals surface area contributed by atoms with Crippen molar-refractivity contribution >= 4 is 35.5 Å². The van der Waals surface area contributed by atoms with Crippen LogP contribution in [-0.2, 0) is 25.4 Å². The number of unbranched alkanes of at least 4 members (excludes halogenated alkanes) is 1. The number of nitrogens with one attached hydrogen (secondary N) is 8. The summed E-state index contributed by atoms with van der Waals surface area (Å²) in [6.07, 6.45) is 3.32. The van der Waals surface area contributed by atoms with Crippen LogP contribution >= 0.6 is 0 Å². The number of carbonyl (C=O) groups is 4. The number of benzene rings is 3. The lowest BCUT2D eigenvalue weighted by atomic mass is 10.1. The molecule has 0 radical (unpaired) electrons. The molecule has 322 valence electrons. The van der Waals surface area contributed by atoms with Crippen LogP contribution in [0.15, 0.2) is 72.8 Å². The summed E-state index contributed by atoms with van der Waals surface area (Å²) in [5.74, 6) is 0.767. The van der Waals surface area contributed by atoms with E-state index < -0.39 is 6.03 Å². The molecular formula is C41H58N8O10. The van der Waals surface area contributed by atoms with Crippen molar-refractivity contribution in [3.8, 4) is 11.5 Å². The molecule has 0 fully saturated rings. The van der Waals surface area contributed by atoms with Gasteiger partial charge in [-0.05, 0) is 61.1 Å². The molecule has 8 amide bonds. The highest BCUT2D eigenvalue weighted by Gasteiger charge is 2.23. The Morgan fingerprint density at radius 1 is 0.525 bits per heavy atom. The second kappa shape index (κ2) is 27.8. The summed E-state index contributed by atoms with van der Waals surface area (Å²) in [5, 5.41) is 31.2. The van der Waals surface area contributed by atoms with Gasteiger partial charge in [-0.1, -0.05) is 36.4 Å². The first-order chi connectivity index (χ1) is 28.9. The highest BCUT2D eigenvalue weighted by atomic mass is 16.5. The van der Waals surface area contributed by atoms with E-state index in [-0.39, 0.29) is 29.9 Å². The van der Waals surface area contributed by atoms with Gasteiger partial charge < -0.3 is 71.3 Å². The lowest BCUT2D eigenvalue weighted by Crippen LogP contribution is -2.39. The Bertz CT molecular complexity index is 1720. The van der Waals surface area contributed by atoms with Crippen LogP contribution in [-0.4, -0.2) is 121 Å². The molecular weight excluding hydrogens is 764 g/mol. The van der Waals surface area contributed by atoms with Gasteiger partial charge in [0.25, 0.3) is 0 Å². The molecule has 0 unspecified atom stereocenters. The van der Waals surface area contributed by atoms with Crippen molar-refractivity contribution in [2.24, 2.45) is 0 Å². The normalized spacial score (nSPS) is 12.8. The molecule has 18 heteroatoms. The number of aromatic hydroxyl groups is 1. The van der Waals surface area contributed by atoms with Crippen LogP contribution in [0.25, 0.3) is 0 Å². The van der Waals surface area contributed by atoms with E-state index in [2.05, 4.69) is 54.7 Å². The van der Waals surface area contributed by atoms with Crippen molar-refractivity contribution < 1.29 is 48.0 Å². The third-order valence-corrected chi connectivity index (χ3v) is 8.60. The largest absolute Gasteiger partial charge is 0.508 e. The summed E-state index contributed by atoms with van der Waals surface area (Å²) in [4.78, 5) is 48.0. The monoisotopic (exact) mass is 822 g/mol. The molecule has 0 saturated heterocycles. The molecule has 0 bridgehead atoms. The molecule has 9 N–H and O–H groups in total. The minimum absolute atomic E-state index is 0.0109. The number of rotatable bonds is 27.